The molecular weight excluding hydrogens is 184 g/mol. The molecular formula is C10H8O4. The van der Waals surface area contributed by atoms with E-state index in [0.717, 1.165) is 0 Å². The van der Waals surface area contributed by atoms with Crippen LogP contribution in [0.2, 0.25) is 0 Å². The van der Waals surface area contributed by atoms with Gasteiger partial charge in [0.2, 0.25) is 5.78 Å². The summed E-state index contributed by atoms with van der Waals surface area (Å²) in [7, 11) is 0. The molecule has 1 aliphatic heterocycles. The monoisotopic (exact) mass is 192 g/mol. The van der Waals surface area contributed by atoms with E-state index in [9.17, 15) is 9.59 Å². The summed E-state index contributed by atoms with van der Waals surface area (Å²) in [5.41, 5.74) is 0.323. The van der Waals surface area contributed by atoms with Gasteiger partial charge in [0.05, 0.1) is 0 Å². The highest BCUT2D eigenvalue weighted by Crippen LogP contribution is 2.30. The minimum Gasteiger partial charge on any atom is -0.486 e. The molecule has 0 aliphatic carbocycles. The topological polar surface area (TPSA) is 52.6 Å². The van der Waals surface area contributed by atoms with Gasteiger partial charge in [-0.15, -0.1) is 0 Å². The van der Waals surface area contributed by atoms with Gasteiger partial charge in [-0.1, -0.05) is 0 Å². The molecule has 0 aromatic heterocycles. The highest BCUT2D eigenvalue weighted by molar-refractivity contribution is 6.33. The minimum atomic E-state index is -0.554. The van der Waals surface area contributed by atoms with Crippen molar-refractivity contribution in [2.45, 2.75) is 0 Å². The van der Waals surface area contributed by atoms with Crippen molar-refractivity contribution in [3.05, 3.63) is 23.8 Å². The van der Waals surface area contributed by atoms with Gasteiger partial charge in [-0.25, -0.2) is 0 Å². The second-order valence-corrected chi connectivity index (χ2v) is 2.84. The number of aldehydes is 1. The molecule has 2 rings (SSSR count). The largest absolute Gasteiger partial charge is 0.486 e. The molecule has 4 heteroatoms. The lowest BCUT2D eigenvalue weighted by molar-refractivity contribution is -0.104. The summed E-state index contributed by atoms with van der Waals surface area (Å²) in [6.45, 7) is 0.972. The number of ether oxygens (including phenoxy) is 2. The lowest BCUT2D eigenvalue weighted by Gasteiger charge is -2.18. The van der Waals surface area contributed by atoms with Gasteiger partial charge < -0.3 is 9.47 Å². The zero-order chi connectivity index (χ0) is 9.97. The number of hydrogen-bond acceptors (Lipinski definition) is 4. The van der Waals surface area contributed by atoms with E-state index in [4.69, 9.17) is 9.47 Å². The smallest absolute Gasteiger partial charge is 0.225 e. The Hall–Kier alpha value is -1.84. The highest BCUT2D eigenvalue weighted by atomic mass is 16.6. The van der Waals surface area contributed by atoms with Gasteiger partial charge in [0, 0.05) is 5.56 Å². The number of fused-ring (bicyclic) bond motifs is 1. The van der Waals surface area contributed by atoms with Crippen molar-refractivity contribution in [1.29, 1.82) is 0 Å². The summed E-state index contributed by atoms with van der Waals surface area (Å²) in [4.78, 5) is 21.3. The quantitative estimate of drug-likeness (QED) is 0.396. The molecule has 1 aromatic rings. The fourth-order valence-electron chi connectivity index (χ4n) is 1.26. The van der Waals surface area contributed by atoms with Gasteiger partial charge in [0.25, 0.3) is 0 Å². The molecule has 0 atom stereocenters. The Morgan fingerprint density at radius 2 is 1.93 bits per heavy atom. The summed E-state index contributed by atoms with van der Waals surface area (Å²) in [5.74, 6) is 0.574. The molecule has 1 aromatic carbocycles. The second kappa shape index (κ2) is 3.49. The Labute approximate surface area is 80.4 Å². The Balaban J connectivity index is 2.38. The average Bonchev–Trinajstić information content (AvgIpc) is 2.27. The molecule has 0 bridgehead atoms. The van der Waals surface area contributed by atoms with Crippen molar-refractivity contribution in [2.75, 3.05) is 13.2 Å². The van der Waals surface area contributed by atoms with E-state index in [2.05, 4.69) is 0 Å². The Kier molecular flexibility index (Phi) is 2.18. The summed E-state index contributed by atoms with van der Waals surface area (Å²) < 4.78 is 10.5. The van der Waals surface area contributed by atoms with Crippen LogP contribution >= 0.6 is 0 Å². The number of benzene rings is 1. The molecule has 0 N–H and O–H groups in total. The van der Waals surface area contributed by atoms with Crippen LogP contribution in [0.4, 0.5) is 0 Å². The van der Waals surface area contributed by atoms with Crippen LogP contribution in [-0.4, -0.2) is 25.3 Å². The van der Waals surface area contributed by atoms with Crippen LogP contribution < -0.4 is 9.47 Å². The lowest BCUT2D eigenvalue weighted by atomic mass is 10.1. The average molecular weight is 192 g/mol. The van der Waals surface area contributed by atoms with Gasteiger partial charge in [-0.05, 0) is 18.2 Å². The number of Topliss-reactive ketones (excluding diaryl/α,β-unsaturated/α-hetero) is 1. The lowest BCUT2D eigenvalue weighted by Crippen LogP contribution is -2.15. The zero-order valence-electron chi connectivity index (χ0n) is 7.36. The van der Waals surface area contributed by atoms with Gasteiger partial charge in [-0.3, -0.25) is 9.59 Å². The molecule has 72 valence electrons. The fourth-order valence-corrected chi connectivity index (χ4v) is 1.26. The molecule has 4 nitrogen and oxygen atoms in total. The van der Waals surface area contributed by atoms with Crippen molar-refractivity contribution in [1.82, 2.24) is 0 Å². The van der Waals surface area contributed by atoms with Crippen molar-refractivity contribution >= 4 is 12.1 Å². The van der Waals surface area contributed by atoms with E-state index in [0.29, 0.717) is 30.3 Å². The van der Waals surface area contributed by atoms with Crippen LogP contribution in [0.25, 0.3) is 0 Å². The number of ketones is 1. The fraction of sp³-hybridized carbons (Fsp3) is 0.200. The number of rotatable bonds is 2. The standard InChI is InChI=1S/C10H8O4/c11-6-8(12)7-1-2-9-10(5-7)14-4-3-13-9/h1-2,5-6H,3-4H2. The maximum absolute atomic E-state index is 11.0. The maximum Gasteiger partial charge on any atom is 0.225 e. The van der Waals surface area contributed by atoms with E-state index in [1.54, 1.807) is 12.1 Å². The first kappa shape index (κ1) is 8.74. The van der Waals surface area contributed by atoms with Gasteiger partial charge in [0.15, 0.2) is 17.8 Å². The zero-order valence-corrected chi connectivity index (χ0v) is 7.36. The molecule has 1 aliphatic rings. The van der Waals surface area contributed by atoms with Crippen LogP contribution in [-0.2, 0) is 4.79 Å². The molecule has 0 amide bonds. The Morgan fingerprint density at radius 3 is 2.64 bits per heavy atom. The van der Waals surface area contributed by atoms with E-state index < -0.39 is 5.78 Å². The van der Waals surface area contributed by atoms with Crippen LogP contribution in [0.1, 0.15) is 10.4 Å². The minimum absolute atomic E-state index is 0.283. The molecule has 0 fully saturated rings. The molecule has 0 radical (unpaired) electrons. The van der Waals surface area contributed by atoms with E-state index in [-0.39, 0.29) is 6.29 Å². The molecule has 0 unspecified atom stereocenters. The molecule has 0 saturated carbocycles. The van der Waals surface area contributed by atoms with Crippen molar-refractivity contribution in [3.63, 3.8) is 0 Å². The Morgan fingerprint density at radius 1 is 1.21 bits per heavy atom. The Bertz CT molecular complexity index is 384. The number of carbonyl (C=O) groups is 2. The first-order chi connectivity index (χ1) is 6.81. The van der Waals surface area contributed by atoms with Crippen LogP contribution in [0, 0.1) is 0 Å². The SMILES string of the molecule is O=CC(=O)c1ccc2c(c1)OCCO2. The third-order valence-electron chi connectivity index (χ3n) is 1.93. The number of hydrogen-bond donors (Lipinski definition) is 0. The third-order valence-corrected chi connectivity index (χ3v) is 1.93. The van der Waals surface area contributed by atoms with E-state index in [1.807, 2.05) is 0 Å². The van der Waals surface area contributed by atoms with Crippen LogP contribution in [0.15, 0.2) is 18.2 Å². The predicted octanol–water partition coefficient (Wildman–Crippen LogP) is 0.839. The summed E-state index contributed by atoms with van der Waals surface area (Å²) in [6, 6.07) is 4.70. The number of carbonyl (C=O) groups excluding carboxylic acids is 2. The molecule has 0 spiro atoms. The molecule has 0 saturated heterocycles. The van der Waals surface area contributed by atoms with Crippen LogP contribution in [0.5, 0.6) is 11.5 Å². The molecule has 1 heterocycles. The van der Waals surface area contributed by atoms with Crippen molar-refractivity contribution in [3.8, 4) is 11.5 Å². The summed E-state index contributed by atoms with van der Waals surface area (Å²) >= 11 is 0. The normalized spacial score (nSPS) is 13.4. The van der Waals surface area contributed by atoms with E-state index >= 15 is 0 Å². The first-order valence-electron chi connectivity index (χ1n) is 4.20. The summed E-state index contributed by atoms with van der Waals surface area (Å²) in [5, 5.41) is 0. The van der Waals surface area contributed by atoms with Crippen molar-refractivity contribution < 1.29 is 19.1 Å². The molecule has 14 heavy (non-hydrogen) atoms. The second-order valence-electron chi connectivity index (χ2n) is 2.84. The van der Waals surface area contributed by atoms with Gasteiger partial charge >= 0.3 is 0 Å². The first-order valence-corrected chi connectivity index (χ1v) is 4.20. The van der Waals surface area contributed by atoms with Gasteiger partial charge in [-0.2, -0.15) is 0 Å². The third kappa shape index (κ3) is 1.46. The summed E-state index contributed by atoms with van der Waals surface area (Å²) in [6.07, 6.45) is 0.283. The highest BCUT2D eigenvalue weighted by Gasteiger charge is 2.14. The van der Waals surface area contributed by atoms with Crippen molar-refractivity contribution in [2.24, 2.45) is 0 Å². The van der Waals surface area contributed by atoms with Crippen LogP contribution in [0.3, 0.4) is 0 Å². The van der Waals surface area contributed by atoms with Gasteiger partial charge in [0.1, 0.15) is 13.2 Å². The predicted molar refractivity (Wildman–Crippen MR) is 47.8 cm³/mol. The van der Waals surface area contributed by atoms with E-state index in [1.165, 1.54) is 6.07 Å². The maximum atomic E-state index is 11.0.